The minimum atomic E-state index is -0.0324. The van der Waals surface area contributed by atoms with Gasteiger partial charge < -0.3 is 11.1 Å². The minimum Gasteiger partial charge on any atom is -0.330 e. The first kappa shape index (κ1) is 17.1. The van der Waals surface area contributed by atoms with Gasteiger partial charge in [0, 0.05) is 19.0 Å². The molecule has 2 aromatic carbocycles. The largest absolute Gasteiger partial charge is 0.330 e. The molecule has 3 N–H and O–H groups in total. The molecule has 6 nitrogen and oxygen atoms in total. The number of hydrogen-bond donors (Lipinski definition) is 2. The van der Waals surface area contributed by atoms with Crippen molar-refractivity contribution in [2.24, 2.45) is 20.4 Å². The Hall–Kier alpha value is -2.35. The van der Waals surface area contributed by atoms with Gasteiger partial charge in [-0.1, -0.05) is 36.4 Å². The highest BCUT2D eigenvalue weighted by Gasteiger charge is 2.33. The molecule has 2 aliphatic rings. The number of anilines is 1. The van der Waals surface area contributed by atoms with Crippen molar-refractivity contribution in [2.45, 2.75) is 5.92 Å². The van der Waals surface area contributed by atoms with Crippen LogP contribution >= 0.6 is 0 Å². The van der Waals surface area contributed by atoms with Crippen molar-refractivity contribution in [3.05, 3.63) is 54.1 Å². The van der Waals surface area contributed by atoms with E-state index in [2.05, 4.69) is 43.2 Å². The Labute approximate surface area is 156 Å². The molecule has 0 aliphatic carbocycles. The summed E-state index contributed by atoms with van der Waals surface area (Å²) >= 11 is 1.15. The quantitative estimate of drug-likeness (QED) is 0.727. The second-order valence-electron chi connectivity index (χ2n) is 6.69. The fraction of sp³-hybridized carbons (Fsp3) is 0.316. The van der Waals surface area contributed by atoms with Gasteiger partial charge in [0.25, 0.3) is 0 Å². The Morgan fingerprint density at radius 3 is 2.81 bits per heavy atom. The van der Waals surface area contributed by atoms with E-state index in [1.165, 1.54) is 5.56 Å². The summed E-state index contributed by atoms with van der Waals surface area (Å²) in [4.78, 5) is 14.7. The number of carbonyl (C=O) groups excluding carboxylic acids is 1. The maximum absolute atomic E-state index is 12.5. The van der Waals surface area contributed by atoms with E-state index >= 15 is 0 Å². The number of likely N-dealkylation sites (tertiary alicyclic amines) is 1. The molecule has 2 heterocycles. The van der Waals surface area contributed by atoms with Crippen LogP contribution in [0.5, 0.6) is 0 Å². The topological polar surface area (TPSA) is 83.1 Å². The van der Waals surface area contributed by atoms with Crippen LogP contribution in [0.1, 0.15) is 11.5 Å². The Balaban J connectivity index is 1.41. The lowest BCUT2D eigenvalue weighted by Crippen LogP contribution is -2.32. The maximum Gasteiger partial charge on any atom is 0.238 e. The molecule has 7 heteroatoms. The lowest BCUT2D eigenvalue weighted by atomic mass is 9.89. The molecule has 1 saturated heterocycles. The number of benzene rings is 2. The molecular weight excluding hydrogens is 346 g/mol. The first-order valence-corrected chi connectivity index (χ1v) is 9.46. The van der Waals surface area contributed by atoms with E-state index in [0.717, 1.165) is 41.5 Å². The molecule has 134 valence electrons. The Morgan fingerprint density at radius 1 is 1.15 bits per heavy atom. The monoisotopic (exact) mass is 367 g/mol. The van der Waals surface area contributed by atoms with Gasteiger partial charge in [-0.3, -0.25) is 9.69 Å². The molecule has 0 unspecified atom stereocenters. The zero-order valence-corrected chi connectivity index (χ0v) is 15.2. The van der Waals surface area contributed by atoms with Gasteiger partial charge in [0.1, 0.15) is 11.4 Å². The van der Waals surface area contributed by atoms with E-state index in [9.17, 15) is 4.79 Å². The molecule has 1 amide bonds. The molecule has 2 aliphatic heterocycles. The predicted octanol–water partition coefficient (Wildman–Crippen LogP) is 3.03. The van der Waals surface area contributed by atoms with Gasteiger partial charge in [-0.25, -0.2) is 0 Å². The lowest BCUT2D eigenvalue weighted by Gasteiger charge is -2.17. The zero-order valence-electron chi connectivity index (χ0n) is 14.3. The highest BCUT2D eigenvalue weighted by Crippen LogP contribution is 2.38. The first-order chi connectivity index (χ1) is 12.7. The number of nitrogens with zero attached hydrogens (tertiary/aromatic N) is 3. The molecule has 0 saturated carbocycles. The molecular formula is C19H21N5OS. The molecule has 0 aromatic heterocycles. The summed E-state index contributed by atoms with van der Waals surface area (Å²) in [5.74, 6) is 0.714. The molecule has 1 fully saturated rings. The van der Waals surface area contributed by atoms with Crippen molar-refractivity contribution < 1.29 is 4.79 Å². The summed E-state index contributed by atoms with van der Waals surface area (Å²) in [6.07, 6.45) is 0. The first-order valence-electron chi connectivity index (χ1n) is 8.73. The zero-order chi connectivity index (χ0) is 17.9. The Bertz CT molecular complexity index is 879. The smallest absolute Gasteiger partial charge is 0.238 e. The van der Waals surface area contributed by atoms with Gasteiger partial charge >= 0.3 is 0 Å². The second kappa shape index (κ2) is 7.49. The highest BCUT2D eigenvalue weighted by molar-refractivity contribution is 7.58. The van der Waals surface area contributed by atoms with Crippen molar-refractivity contribution in [1.29, 1.82) is 0 Å². The summed E-state index contributed by atoms with van der Waals surface area (Å²) in [6, 6.07) is 16.1. The Morgan fingerprint density at radius 2 is 2.00 bits per heavy atom. The fourth-order valence-electron chi connectivity index (χ4n) is 3.71. The molecule has 26 heavy (non-hydrogen) atoms. The third-order valence-electron chi connectivity index (χ3n) is 4.97. The van der Waals surface area contributed by atoms with E-state index in [0.29, 0.717) is 24.9 Å². The van der Waals surface area contributed by atoms with Gasteiger partial charge in [-0.2, -0.15) is 8.73 Å². The van der Waals surface area contributed by atoms with Crippen molar-refractivity contribution in [1.82, 2.24) is 4.90 Å². The molecule has 4 rings (SSSR count). The van der Waals surface area contributed by atoms with Gasteiger partial charge in [0.15, 0.2) is 0 Å². The number of rotatable bonds is 5. The average molecular weight is 367 g/mol. The fourth-order valence-corrected chi connectivity index (χ4v) is 4.26. The van der Waals surface area contributed by atoms with Crippen molar-refractivity contribution in [2.75, 3.05) is 31.5 Å². The van der Waals surface area contributed by atoms with Crippen LogP contribution in [0.3, 0.4) is 0 Å². The highest BCUT2D eigenvalue weighted by atomic mass is 32.1. The van der Waals surface area contributed by atoms with E-state index in [1.807, 2.05) is 24.3 Å². The number of fused-ring (bicyclic) bond motifs is 1. The molecule has 0 spiro atoms. The summed E-state index contributed by atoms with van der Waals surface area (Å²) in [5, 5.41) is 2.98. The number of nitrogens with one attached hydrogen (secondary N) is 1. The molecule has 2 aromatic rings. The number of amides is 1. The Kier molecular flexibility index (Phi) is 4.92. The third kappa shape index (κ3) is 3.46. The van der Waals surface area contributed by atoms with Crippen LogP contribution < -0.4 is 11.1 Å². The van der Waals surface area contributed by atoms with Gasteiger partial charge in [0.2, 0.25) is 5.91 Å². The number of hydrogen-bond acceptors (Lipinski definition) is 5. The molecule has 2 atom stereocenters. The summed E-state index contributed by atoms with van der Waals surface area (Å²) in [6.45, 7) is 2.67. The average Bonchev–Trinajstić information content (AvgIpc) is 3.29. The van der Waals surface area contributed by atoms with Crippen LogP contribution in [0.25, 0.3) is 0 Å². The van der Waals surface area contributed by atoms with E-state index in [-0.39, 0.29) is 5.91 Å². The van der Waals surface area contributed by atoms with Crippen molar-refractivity contribution >= 4 is 34.3 Å². The van der Waals surface area contributed by atoms with Crippen LogP contribution in [0.4, 0.5) is 17.1 Å². The van der Waals surface area contributed by atoms with Crippen LogP contribution in [0.15, 0.2) is 57.3 Å². The van der Waals surface area contributed by atoms with Gasteiger partial charge in [0.05, 0.1) is 23.6 Å². The van der Waals surface area contributed by atoms with Crippen LogP contribution in [-0.4, -0.2) is 37.0 Å². The standard InChI is InChI=1S/C19H21N5OS/c20-9-14-10-24(11-15(14)13-5-2-1-3-6-13)12-18(25)21-16-7-4-8-17-19(16)23-26-22-17/h1-8,14-15H,9-12,20H2,(H,21,25)/t14-,15+/m1/s1. The molecule has 0 bridgehead atoms. The molecule has 0 radical (unpaired) electrons. The van der Waals surface area contributed by atoms with Gasteiger partial charge in [-0.05, 0) is 30.2 Å². The lowest BCUT2D eigenvalue weighted by molar-refractivity contribution is -0.117. The summed E-state index contributed by atoms with van der Waals surface area (Å²) < 4.78 is 8.48. The second-order valence-corrected chi connectivity index (χ2v) is 7.22. The van der Waals surface area contributed by atoms with Crippen LogP contribution in [-0.2, 0) is 16.1 Å². The van der Waals surface area contributed by atoms with Crippen LogP contribution in [0.2, 0.25) is 0 Å². The number of nitrogens with two attached hydrogens (primary N) is 1. The maximum atomic E-state index is 12.5. The van der Waals surface area contributed by atoms with E-state index in [1.54, 1.807) is 0 Å². The van der Waals surface area contributed by atoms with Crippen LogP contribution in [0, 0.1) is 5.92 Å². The van der Waals surface area contributed by atoms with Crippen molar-refractivity contribution in [3.8, 4) is 0 Å². The van der Waals surface area contributed by atoms with E-state index in [4.69, 9.17) is 5.73 Å². The minimum absolute atomic E-state index is 0.0324. The van der Waals surface area contributed by atoms with Gasteiger partial charge in [-0.15, -0.1) is 0 Å². The SMILES string of the molecule is NC[C@@H]1CN(CC(=O)Nc2cccc3c2N=S=N3)C[C@H]1c1ccccc1. The van der Waals surface area contributed by atoms with E-state index < -0.39 is 0 Å². The summed E-state index contributed by atoms with van der Waals surface area (Å²) in [5.41, 5.74) is 9.55. The summed E-state index contributed by atoms with van der Waals surface area (Å²) in [7, 11) is 0. The predicted molar refractivity (Wildman–Crippen MR) is 105 cm³/mol. The normalized spacial score (nSPS) is 21.4. The number of carbonyl (C=O) groups is 1. The third-order valence-corrected chi connectivity index (χ3v) is 5.52. The van der Waals surface area contributed by atoms with Crippen molar-refractivity contribution in [3.63, 3.8) is 0 Å².